The molecule has 124 valence electrons. The van der Waals surface area contributed by atoms with Crippen LogP contribution in [0.5, 0.6) is 0 Å². The molecular weight excluding hydrogens is 322 g/mol. The highest BCUT2D eigenvalue weighted by Crippen LogP contribution is 2.26. The normalized spacial score (nSPS) is 16.6. The lowest BCUT2D eigenvalue weighted by molar-refractivity contribution is 0.109. The van der Waals surface area contributed by atoms with Gasteiger partial charge >= 0.3 is 0 Å². The summed E-state index contributed by atoms with van der Waals surface area (Å²) in [5, 5.41) is 20.0. The quantitative estimate of drug-likeness (QED) is 0.928. The van der Waals surface area contributed by atoms with Crippen molar-refractivity contribution in [1.82, 2.24) is 4.90 Å². The minimum Gasteiger partial charge on any atom is -0.387 e. The van der Waals surface area contributed by atoms with E-state index in [0.29, 0.717) is 12.1 Å². The Labute approximate surface area is 147 Å². The van der Waals surface area contributed by atoms with Gasteiger partial charge in [0.25, 0.3) is 0 Å². The number of anilines is 1. The van der Waals surface area contributed by atoms with Crippen LogP contribution in [-0.2, 0) is 0 Å². The summed E-state index contributed by atoms with van der Waals surface area (Å²) in [7, 11) is 0. The number of halogens is 1. The smallest absolute Gasteiger partial charge is 0.0991 e. The van der Waals surface area contributed by atoms with E-state index < -0.39 is 6.10 Å². The first kappa shape index (κ1) is 16.8. The molecule has 0 radical (unpaired) electrons. The fourth-order valence-electron chi connectivity index (χ4n) is 3.01. The summed E-state index contributed by atoms with van der Waals surface area (Å²) in [4.78, 5) is 4.54. The molecule has 24 heavy (non-hydrogen) atoms. The SMILES string of the molecule is N#Cc1ccc(C(O)CN2CCN(c3ccccc3Cl)CC2)cc1. The molecule has 1 saturated heterocycles. The first-order valence-electron chi connectivity index (χ1n) is 8.07. The Kier molecular flexibility index (Phi) is 5.37. The molecule has 1 N–H and O–H groups in total. The minimum atomic E-state index is -0.537. The standard InChI is InChI=1S/C19H20ClN3O/c20-17-3-1-2-4-18(17)23-11-9-22(10-12-23)14-19(24)16-7-5-15(13-21)6-8-16/h1-8,19,24H,9-12,14H2. The second kappa shape index (κ2) is 7.67. The van der Waals surface area contributed by atoms with Crippen molar-refractivity contribution in [2.24, 2.45) is 0 Å². The summed E-state index contributed by atoms with van der Waals surface area (Å²) in [6.07, 6.45) is -0.537. The van der Waals surface area contributed by atoms with Gasteiger partial charge in [0.05, 0.1) is 28.4 Å². The van der Waals surface area contributed by atoms with Gasteiger partial charge in [0.15, 0.2) is 0 Å². The number of β-amino-alcohol motifs (C(OH)–C–C–N with tert-alkyl or cyclic N) is 1. The topological polar surface area (TPSA) is 50.5 Å². The highest BCUT2D eigenvalue weighted by atomic mass is 35.5. The van der Waals surface area contributed by atoms with Gasteiger partial charge in [-0.25, -0.2) is 0 Å². The molecule has 1 fully saturated rings. The van der Waals surface area contributed by atoms with Crippen LogP contribution in [-0.4, -0.2) is 42.7 Å². The summed E-state index contributed by atoms with van der Waals surface area (Å²) >= 11 is 6.26. The van der Waals surface area contributed by atoms with Gasteiger partial charge in [-0.2, -0.15) is 5.26 Å². The third-order valence-electron chi connectivity index (χ3n) is 4.42. The zero-order valence-electron chi connectivity index (χ0n) is 13.4. The summed E-state index contributed by atoms with van der Waals surface area (Å²) in [5.41, 5.74) is 2.54. The third kappa shape index (κ3) is 3.88. The van der Waals surface area contributed by atoms with E-state index in [9.17, 15) is 5.11 Å². The van der Waals surface area contributed by atoms with E-state index in [0.717, 1.165) is 42.5 Å². The van der Waals surface area contributed by atoms with Crippen molar-refractivity contribution in [2.45, 2.75) is 6.10 Å². The molecule has 1 heterocycles. The molecule has 1 aliphatic rings. The number of nitrogens with zero attached hydrogens (tertiary/aromatic N) is 3. The monoisotopic (exact) mass is 341 g/mol. The molecule has 1 aliphatic heterocycles. The summed E-state index contributed by atoms with van der Waals surface area (Å²) < 4.78 is 0. The maximum Gasteiger partial charge on any atom is 0.0991 e. The number of hydrogen-bond donors (Lipinski definition) is 1. The Hall–Kier alpha value is -2.06. The van der Waals surface area contributed by atoms with Crippen LogP contribution in [0.15, 0.2) is 48.5 Å². The van der Waals surface area contributed by atoms with Crippen LogP contribution in [0.4, 0.5) is 5.69 Å². The molecule has 0 amide bonds. The summed E-state index contributed by atoms with van der Waals surface area (Å²) in [6.45, 7) is 4.16. The summed E-state index contributed by atoms with van der Waals surface area (Å²) in [6, 6.07) is 17.1. The van der Waals surface area contributed by atoms with Crippen molar-refractivity contribution in [2.75, 3.05) is 37.6 Å². The van der Waals surface area contributed by atoms with Crippen LogP contribution < -0.4 is 4.90 Å². The lowest BCUT2D eigenvalue weighted by Crippen LogP contribution is -2.47. The zero-order chi connectivity index (χ0) is 16.9. The van der Waals surface area contributed by atoms with Crippen LogP contribution >= 0.6 is 11.6 Å². The minimum absolute atomic E-state index is 0.537. The van der Waals surface area contributed by atoms with Gasteiger partial charge in [-0.15, -0.1) is 0 Å². The molecule has 2 aromatic rings. The Morgan fingerprint density at radius 2 is 1.71 bits per heavy atom. The molecule has 0 aromatic heterocycles. The van der Waals surface area contributed by atoms with Crippen molar-refractivity contribution in [3.63, 3.8) is 0 Å². The van der Waals surface area contributed by atoms with Gasteiger partial charge in [-0.1, -0.05) is 35.9 Å². The molecule has 4 nitrogen and oxygen atoms in total. The molecular formula is C19H20ClN3O. The van der Waals surface area contributed by atoms with E-state index >= 15 is 0 Å². The maximum absolute atomic E-state index is 10.4. The van der Waals surface area contributed by atoms with Crippen LogP contribution in [0.2, 0.25) is 5.02 Å². The molecule has 0 bridgehead atoms. The number of para-hydroxylation sites is 1. The Bertz CT molecular complexity index is 718. The van der Waals surface area contributed by atoms with Gasteiger partial charge in [0.2, 0.25) is 0 Å². The number of benzene rings is 2. The molecule has 0 spiro atoms. The van der Waals surface area contributed by atoms with Crippen LogP contribution in [0.1, 0.15) is 17.2 Å². The highest BCUT2D eigenvalue weighted by molar-refractivity contribution is 6.33. The van der Waals surface area contributed by atoms with E-state index in [2.05, 4.69) is 15.9 Å². The van der Waals surface area contributed by atoms with Crippen molar-refractivity contribution < 1.29 is 5.11 Å². The van der Waals surface area contributed by atoms with Gasteiger partial charge in [-0.3, -0.25) is 4.90 Å². The number of aliphatic hydroxyl groups excluding tert-OH is 1. The van der Waals surface area contributed by atoms with E-state index in [-0.39, 0.29) is 0 Å². The predicted octanol–water partition coefficient (Wildman–Crippen LogP) is 3.07. The lowest BCUT2D eigenvalue weighted by Gasteiger charge is -2.37. The average molecular weight is 342 g/mol. The molecule has 0 aliphatic carbocycles. The van der Waals surface area contributed by atoms with E-state index in [1.54, 1.807) is 12.1 Å². The third-order valence-corrected chi connectivity index (χ3v) is 4.74. The number of rotatable bonds is 4. The van der Waals surface area contributed by atoms with Crippen molar-refractivity contribution in [1.29, 1.82) is 5.26 Å². The molecule has 1 atom stereocenters. The molecule has 2 aromatic carbocycles. The first-order chi connectivity index (χ1) is 11.7. The van der Waals surface area contributed by atoms with E-state index in [1.807, 2.05) is 36.4 Å². The number of hydrogen-bond acceptors (Lipinski definition) is 4. The molecule has 0 saturated carbocycles. The highest BCUT2D eigenvalue weighted by Gasteiger charge is 2.21. The van der Waals surface area contributed by atoms with Crippen LogP contribution in [0, 0.1) is 11.3 Å². The van der Waals surface area contributed by atoms with Crippen molar-refractivity contribution >= 4 is 17.3 Å². The second-order valence-electron chi connectivity index (χ2n) is 5.99. The van der Waals surface area contributed by atoms with Gasteiger partial charge in [0, 0.05) is 32.7 Å². The van der Waals surface area contributed by atoms with Crippen molar-refractivity contribution in [3.05, 3.63) is 64.7 Å². The Morgan fingerprint density at radius 3 is 2.33 bits per heavy atom. The largest absolute Gasteiger partial charge is 0.387 e. The Morgan fingerprint density at radius 1 is 1.04 bits per heavy atom. The molecule has 5 heteroatoms. The zero-order valence-corrected chi connectivity index (χ0v) is 14.2. The number of nitriles is 1. The average Bonchev–Trinajstić information content (AvgIpc) is 2.63. The van der Waals surface area contributed by atoms with Crippen LogP contribution in [0.25, 0.3) is 0 Å². The fraction of sp³-hybridized carbons (Fsp3) is 0.316. The van der Waals surface area contributed by atoms with Crippen molar-refractivity contribution in [3.8, 4) is 6.07 Å². The number of aliphatic hydroxyl groups is 1. The van der Waals surface area contributed by atoms with Gasteiger partial charge in [-0.05, 0) is 29.8 Å². The molecule has 1 unspecified atom stereocenters. The lowest BCUT2D eigenvalue weighted by atomic mass is 10.1. The predicted molar refractivity (Wildman–Crippen MR) is 96.2 cm³/mol. The fourth-order valence-corrected chi connectivity index (χ4v) is 3.26. The molecule has 3 rings (SSSR count). The second-order valence-corrected chi connectivity index (χ2v) is 6.40. The summed E-state index contributed by atoms with van der Waals surface area (Å²) in [5.74, 6) is 0. The maximum atomic E-state index is 10.4. The van der Waals surface area contributed by atoms with E-state index in [1.165, 1.54) is 0 Å². The van der Waals surface area contributed by atoms with Crippen LogP contribution in [0.3, 0.4) is 0 Å². The first-order valence-corrected chi connectivity index (χ1v) is 8.45. The van der Waals surface area contributed by atoms with Gasteiger partial charge < -0.3 is 10.0 Å². The Balaban J connectivity index is 1.55. The number of piperazine rings is 1. The van der Waals surface area contributed by atoms with E-state index in [4.69, 9.17) is 16.9 Å². The van der Waals surface area contributed by atoms with Gasteiger partial charge in [0.1, 0.15) is 0 Å².